The van der Waals surface area contributed by atoms with E-state index in [4.69, 9.17) is 4.74 Å². The third-order valence-corrected chi connectivity index (χ3v) is 3.27. The molecule has 0 bridgehead atoms. The summed E-state index contributed by atoms with van der Waals surface area (Å²) in [6.45, 7) is 1.06. The Hall–Kier alpha value is -1.31. The average Bonchev–Trinajstić information content (AvgIpc) is 2.35. The highest BCUT2D eigenvalue weighted by atomic mass is 16.5. The first kappa shape index (κ1) is 11.2. The molecule has 0 saturated heterocycles. The van der Waals surface area contributed by atoms with Crippen molar-refractivity contribution in [2.24, 2.45) is 0 Å². The third kappa shape index (κ3) is 2.63. The van der Waals surface area contributed by atoms with Gasteiger partial charge in [-0.3, -0.25) is 4.79 Å². The molecule has 2 rings (SSSR count). The van der Waals surface area contributed by atoms with Crippen LogP contribution in [0.25, 0.3) is 0 Å². The zero-order chi connectivity index (χ0) is 11.2. The first-order valence-corrected chi connectivity index (χ1v) is 6.06. The molecule has 16 heavy (non-hydrogen) atoms. The van der Waals surface area contributed by atoms with Crippen LogP contribution in [-0.4, -0.2) is 13.1 Å². The second-order valence-electron chi connectivity index (χ2n) is 4.33. The highest BCUT2D eigenvalue weighted by Gasteiger charge is 2.12. The number of hydrogen-bond donors (Lipinski definition) is 0. The molecule has 0 heterocycles. The normalized spacial score (nSPS) is 14.2. The van der Waals surface area contributed by atoms with E-state index in [0.717, 1.165) is 12.8 Å². The summed E-state index contributed by atoms with van der Waals surface area (Å²) < 4.78 is 4.72. The van der Waals surface area contributed by atoms with E-state index in [1.54, 1.807) is 5.56 Å². The fourth-order valence-corrected chi connectivity index (χ4v) is 2.49. The summed E-state index contributed by atoms with van der Waals surface area (Å²) in [5, 5.41) is 0. The van der Waals surface area contributed by atoms with Gasteiger partial charge in [0.05, 0.1) is 6.61 Å². The molecule has 0 amide bonds. The van der Waals surface area contributed by atoms with Crippen molar-refractivity contribution in [3.05, 3.63) is 34.9 Å². The Morgan fingerprint density at radius 2 is 2.12 bits per heavy atom. The summed E-state index contributed by atoms with van der Waals surface area (Å²) in [5.41, 5.74) is 4.53. The largest absolute Gasteiger partial charge is 0.468 e. The van der Waals surface area contributed by atoms with Crippen LogP contribution in [0.15, 0.2) is 18.2 Å². The summed E-state index contributed by atoms with van der Waals surface area (Å²) in [5.74, 6) is 0. The maximum Gasteiger partial charge on any atom is 0.293 e. The van der Waals surface area contributed by atoms with Crippen LogP contribution >= 0.6 is 0 Å². The predicted octanol–water partition coefficient (Wildman–Crippen LogP) is 2.67. The third-order valence-electron chi connectivity index (χ3n) is 3.27. The van der Waals surface area contributed by atoms with Crippen molar-refractivity contribution >= 4 is 6.47 Å². The van der Waals surface area contributed by atoms with Gasteiger partial charge in [0.1, 0.15) is 0 Å². The van der Waals surface area contributed by atoms with Crippen LogP contribution in [0, 0.1) is 0 Å². The highest BCUT2D eigenvalue weighted by molar-refractivity contribution is 5.38. The van der Waals surface area contributed by atoms with Gasteiger partial charge in [-0.15, -0.1) is 0 Å². The number of carbonyl (C=O) groups is 1. The van der Waals surface area contributed by atoms with Crippen molar-refractivity contribution in [1.82, 2.24) is 0 Å². The molecule has 2 heteroatoms. The van der Waals surface area contributed by atoms with E-state index in [1.165, 1.54) is 36.8 Å². The average molecular weight is 218 g/mol. The molecule has 0 atom stereocenters. The molecule has 1 aliphatic carbocycles. The molecule has 0 saturated carbocycles. The van der Waals surface area contributed by atoms with Crippen molar-refractivity contribution in [1.29, 1.82) is 0 Å². The summed E-state index contributed by atoms with van der Waals surface area (Å²) in [7, 11) is 0. The number of benzene rings is 1. The number of rotatable bonds is 5. The Bertz CT molecular complexity index is 358. The number of fused-ring (bicyclic) bond motifs is 1. The summed E-state index contributed by atoms with van der Waals surface area (Å²) in [6.07, 6.45) is 7.04. The minimum absolute atomic E-state index is 0.528. The molecule has 1 aromatic rings. The fraction of sp³-hybridized carbons (Fsp3) is 0.500. The van der Waals surface area contributed by atoms with Crippen LogP contribution in [0.4, 0.5) is 0 Å². The Labute approximate surface area is 96.6 Å². The Morgan fingerprint density at radius 3 is 3.00 bits per heavy atom. The van der Waals surface area contributed by atoms with Gasteiger partial charge in [-0.2, -0.15) is 0 Å². The molecule has 1 aromatic carbocycles. The lowest BCUT2D eigenvalue weighted by atomic mass is 9.87. The molecule has 0 radical (unpaired) electrons. The molecule has 0 N–H and O–H groups in total. The molecule has 86 valence electrons. The van der Waals surface area contributed by atoms with Crippen LogP contribution in [0.2, 0.25) is 0 Å². The van der Waals surface area contributed by atoms with E-state index < -0.39 is 0 Å². The maximum absolute atomic E-state index is 10.0. The smallest absolute Gasteiger partial charge is 0.293 e. The summed E-state index contributed by atoms with van der Waals surface area (Å²) in [4.78, 5) is 10.0. The van der Waals surface area contributed by atoms with Gasteiger partial charge < -0.3 is 4.74 Å². The van der Waals surface area contributed by atoms with Gasteiger partial charge in [-0.25, -0.2) is 0 Å². The summed E-state index contributed by atoms with van der Waals surface area (Å²) >= 11 is 0. The van der Waals surface area contributed by atoms with E-state index in [0.29, 0.717) is 13.1 Å². The summed E-state index contributed by atoms with van der Waals surface area (Å²) in [6, 6.07) is 6.62. The van der Waals surface area contributed by atoms with Crippen molar-refractivity contribution in [2.75, 3.05) is 6.61 Å². The van der Waals surface area contributed by atoms with Gasteiger partial charge in [-0.05, 0) is 55.2 Å². The van der Waals surface area contributed by atoms with Crippen LogP contribution in [-0.2, 0) is 28.8 Å². The lowest BCUT2D eigenvalue weighted by Gasteiger charge is -2.19. The molecule has 0 spiro atoms. The van der Waals surface area contributed by atoms with Gasteiger partial charge in [0.2, 0.25) is 0 Å². The van der Waals surface area contributed by atoms with Crippen LogP contribution in [0.1, 0.15) is 36.0 Å². The number of aryl methyl sites for hydroxylation is 2. The molecule has 2 nitrogen and oxygen atoms in total. The molecular weight excluding hydrogens is 200 g/mol. The number of ether oxygens (including phenoxy) is 1. The number of carbonyl (C=O) groups excluding carboxylic acids is 1. The Kier molecular flexibility index (Phi) is 3.97. The van der Waals surface area contributed by atoms with Crippen molar-refractivity contribution in [2.45, 2.75) is 38.5 Å². The molecule has 0 fully saturated rings. The van der Waals surface area contributed by atoms with Crippen molar-refractivity contribution in [3.8, 4) is 0 Å². The number of hydrogen-bond acceptors (Lipinski definition) is 2. The SMILES string of the molecule is O=COCCCc1cccc2c1CCCC2. The fourth-order valence-electron chi connectivity index (χ4n) is 2.49. The first-order chi connectivity index (χ1) is 7.92. The van der Waals surface area contributed by atoms with E-state index >= 15 is 0 Å². The molecular formula is C14H18O2. The standard InChI is InChI=1S/C14H18O2/c15-11-16-10-4-8-13-7-3-6-12-5-1-2-9-14(12)13/h3,6-7,11H,1-2,4-5,8-10H2. The molecule has 0 unspecified atom stereocenters. The van der Waals surface area contributed by atoms with Crippen LogP contribution < -0.4 is 0 Å². The van der Waals surface area contributed by atoms with Crippen LogP contribution in [0.3, 0.4) is 0 Å². The lowest BCUT2D eigenvalue weighted by molar-refractivity contribution is -0.128. The zero-order valence-electron chi connectivity index (χ0n) is 9.58. The highest BCUT2D eigenvalue weighted by Crippen LogP contribution is 2.25. The zero-order valence-corrected chi connectivity index (χ0v) is 9.58. The molecule has 0 aliphatic heterocycles. The quantitative estimate of drug-likeness (QED) is 0.561. The van der Waals surface area contributed by atoms with Gasteiger partial charge >= 0.3 is 0 Å². The van der Waals surface area contributed by atoms with Crippen molar-refractivity contribution in [3.63, 3.8) is 0 Å². The minimum atomic E-state index is 0.528. The minimum Gasteiger partial charge on any atom is -0.468 e. The lowest BCUT2D eigenvalue weighted by Crippen LogP contribution is -2.07. The molecule has 0 aromatic heterocycles. The second kappa shape index (κ2) is 5.69. The van der Waals surface area contributed by atoms with Crippen molar-refractivity contribution < 1.29 is 9.53 Å². The monoisotopic (exact) mass is 218 g/mol. The van der Waals surface area contributed by atoms with Gasteiger partial charge in [0.15, 0.2) is 0 Å². The van der Waals surface area contributed by atoms with Gasteiger partial charge in [0.25, 0.3) is 6.47 Å². The van der Waals surface area contributed by atoms with Gasteiger partial charge in [0, 0.05) is 0 Å². The second-order valence-corrected chi connectivity index (χ2v) is 4.33. The van der Waals surface area contributed by atoms with Gasteiger partial charge in [-0.1, -0.05) is 18.2 Å². The Balaban J connectivity index is 2.00. The van der Waals surface area contributed by atoms with E-state index in [9.17, 15) is 4.79 Å². The van der Waals surface area contributed by atoms with E-state index in [2.05, 4.69) is 18.2 Å². The molecule has 1 aliphatic rings. The predicted molar refractivity (Wildman–Crippen MR) is 63.4 cm³/mol. The van der Waals surface area contributed by atoms with E-state index in [-0.39, 0.29) is 0 Å². The topological polar surface area (TPSA) is 26.3 Å². The Morgan fingerprint density at radius 1 is 1.25 bits per heavy atom. The van der Waals surface area contributed by atoms with E-state index in [1.807, 2.05) is 0 Å². The van der Waals surface area contributed by atoms with Crippen LogP contribution in [0.5, 0.6) is 0 Å². The maximum atomic E-state index is 10.0. The first-order valence-electron chi connectivity index (χ1n) is 6.06.